The van der Waals surface area contributed by atoms with Gasteiger partial charge in [0.05, 0.1) is 18.6 Å². The molecule has 1 aromatic carbocycles. The number of imidazole rings is 1. The maximum absolute atomic E-state index is 12.6. The topological polar surface area (TPSA) is 50.2 Å². The third kappa shape index (κ3) is 4.36. The first-order valence-electron chi connectivity index (χ1n) is 8.00. The van der Waals surface area contributed by atoms with Crippen LogP contribution in [0.25, 0.3) is 5.69 Å². The molecule has 5 nitrogen and oxygen atoms in total. The highest BCUT2D eigenvalue weighted by molar-refractivity contribution is 7.09. The zero-order valence-electron chi connectivity index (χ0n) is 13.8. The second-order valence-electron chi connectivity index (χ2n) is 5.51. The predicted octanol–water partition coefficient (Wildman–Crippen LogP) is 3.83. The Hall–Kier alpha value is -2.86. The smallest absolute Gasteiger partial charge is 0.318 e. The van der Waals surface area contributed by atoms with Gasteiger partial charge >= 0.3 is 6.03 Å². The van der Waals surface area contributed by atoms with Crippen LogP contribution in [0.3, 0.4) is 0 Å². The van der Waals surface area contributed by atoms with Gasteiger partial charge in [0.25, 0.3) is 0 Å². The summed E-state index contributed by atoms with van der Waals surface area (Å²) in [7, 11) is 0. The summed E-state index contributed by atoms with van der Waals surface area (Å²) >= 11 is 1.64. The van der Waals surface area contributed by atoms with E-state index in [0.29, 0.717) is 19.6 Å². The zero-order chi connectivity index (χ0) is 17.5. The number of benzene rings is 1. The van der Waals surface area contributed by atoms with E-state index in [0.717, 1.165) is 16.1 Å². The summed E-state index contributed by atoms with van der Waals surface area (Å²) in [5.74, 6) is 0. The number of para-hydroxylation sites is 1. The number of carbonyl (C=O) groups is 1. The van der Waals surface area contributed by atoms with Crippen molar-refractivity contribution < 1.29 is 4.79 Å². The molecule has 0 aliphatic carbocycles. The van der Waals surface area contributed by atoms with Gasteiger partial charge < -0.3 is 14.8 Å². The average molecular weight is 352 g/mol. The van der Waals surface area contributed by atoms with E-state index >= 15 is 0 Å². The number of carbonyl (C=O) groups excluding carboxylic acids is 1. The van der Waals surface area contributed by atoms with E-state index < -0.39 is 0 Å². The molecule has 0 atom stereocenters. The number of hydrogen-bond acceptors (Lipinski definition) is 3. The Bertz CT molecular complexity index is 812. The molecule has 0 fully saturated rings. The van der Waals surface area contributed by atoms with Crippen LogP contribution in [0.5, 0.6) is 0 Å². The molecule has 25 heavy (non-hydrogen) atoms. The van der Waals surface area contributed by atoms with Crippen LogP contribution in [-0.4, -0.2) is 27.0 Å². The largest absolute Gasteiger partial charge is 0.334 e. The van der Waals surface area contributed by atoms with Gasteiger partial charge in [0.1, 0.15) is 0 Å². The Morgan fingerprint density at radius 1 is 1.32 bits per heavy atom. The van der Waals surface area contributed by atoms with Crippen LogP contribution in [0.15, 0.2) is 73.2 Å². The van der Waals surface area contributed by atoms with Crippen molar-refractivity contribution in [2.75, 3.05) is 6.54 Å². The van der Waals surface area contributed by atoms with Gasteiger partial charge in [-0.2, -0.15) is 0 Å². The summed E-state index contributed by atoms with van der Waals surface area (Å²) in [6, 6.07) is 11.9. The van der Waals surface area contributed by atoms with Gasteiger partial charge in [-0.3, -0.25) is 0 Å². The highest BCUT2D eigenvalue weighted by atomic mass is 32.1. The monoisotopic (exact) mass is 352 g/mol. The van der Waals surface area contributed by atoms with Gasteiger partial charge in [0.15, 0.2) is 0 Å². The van der Waals surface area contributed by atoms with Crippen LogP contribution >= 0.6 is 11.3 Å². The first-order chi connectivity index (χ1) is 12.3. The SMILES string of the molecule is C=CCN(Cc1cccs1)C(=O)NCc1ccccc1-n1ccnc1. The molecule has 2 amide bonds. The van der Waals surface area contributed by atoms with E-state index in [4.69, 9.17) is 0 Å². The summed E-state index contributed by atoms with van der Waals surface area (Å²) in [5, 5.41) is 5.02. The predicted molar refractivity (Wildman–Crippen MR) is 101 cm³/mol. The summed E-state index contributed by atoms with van der Waals surface area (Å²) in [4.78, 5) is 19.6. The van der Waals surface area contributed by atoms with Gasteiger partial charge in [0.2, 0.25) is 0 Å². The third-order valence-corrected chi connectivity index (χ3v) is 4.63. The minimum absolute atomic E-state index is 0.103. The van der Waals surface area contributed by atoms with Crippen LogP contribution in [0.1, 0.15) is 10.4 Å². The quantitative estimate of drug-likeness (QED) is 0.657. The third-order valence-electron chi connectivity index (χ3n) is 3.77. The highest BCUT2D eigenvalue weighted by Crippen LogP contribution is 2.15. The maximum Gasteiger partial charge on any atom is 0.318 e. The molecule has 0 saturated heterocycles. The van der Waals surface area contributed by atoms with E-state index in [2.05, 4.69) is 16.9 Å². The highest BCUT2D eigenvalue weighted by Gasteiger charge is 2.13. The first-order valence-corrected chi connectivity index (χ1v) is 8.88. The van der Waals surface area contributed by atoms with Crippen LogP contribution in [-0.2, 0) is 13.1 Å². The van der Waals surface area contributed by atoms with Gasteiger partial charge in [-0.1, -0.05) is 30.3 Å². The van der Waals surface area contributed by atoms with E-state index in [-0.39, 0.29) is 6.03 Å². The molecule has 0 bridgehead atoms. The molecule has 3 rings (SSSR count). The van der Waals surface area contributed by atoms with Crippen molar-refractivity contribution in [1.29, 1.82) is 0 Å². The second kappa shape index (κ2) is 8.30. The second-order valence-corrected chi connectivity index (χ2v) is 6.54. The molecule has 0 aliphatic heterocycles. The van der Waals surface area contributed by atoms with Crippen molar-refractivity contribution in [2.45, 2.75) is 13.1 Å². The van der Waals surface area contributed by atoms with E-state index in [1.54, 1.807) is 34.8 Å². The molecule has 6 heteroatoms. The number of nitrogens with one attached hydrogen (secondary N) is 1. The van der Waals surface area contributed by atoms with Crippen molar-refractivity contribution in [2.24, 2.45) is 0 Å². The van der Waals surface area contributed by atoms with Gasteiger partial charge in [-0.25, -0.2) is 9.78 Å². The molecule has 0 unspecified atom stereocenters. The van der Waals surface area contributed by atoms with E-state index in [9.17, 15) is 4.79 Å². The molecular weight excluding hydrogens is 332 g/mol. The van der Waals surface area contributed by atoms with E-state index in [1.807, 2.05) is 52.5 Å². The average Bonchev–Trinajstić information content (AvgIpc) is 3.33. The number of rotatable bonds is 7. The lowest BCUT2D eigenvalue weighted by Crippen LogP contribution is -2.39. The molecular formula is C19H20N4OS. The van der Waals surface area contributed by atoms with Gasteiger partial charge in [0, 0.05) is 30.4 Å². The summed E-state index contributed by atoms with van der Waals surface area (Å²) in [6.45, 7) is 5.29. The Morgan fingerprint density at radius 2 is 2.20 bits per heavy atom. The fourth-order valence-corrected chi connectivity index (χ4v) is 3.28. The molecule has 0 spiro atoms. The Labute approximate surface area is 151 Å². The number of aromatic nitrogens is 2. The van der Waals surface area contributed by atoms with Crippen molar-refractivity contribution in [3.05, 3.63) is 83.6 Å². The van der Waals surface area contributed by atoms with Crippen molar-refractivity contribution in [1.82, 2.24) is 19.8 Å². The molecule has 2 aromatic heterocycles. The van der Waals surface area contributed by atoms with Gasteiger partial charge in [-0.05, 0) is 23.1 Å². The molecule has 128 valence electrons. The number of urea groups is 1. The molecule has 2 heterocycles. The Kier molecular flexibility index (Phi) is 5.64. The summed E-state index contributed by atoms with van der Waals surface area (Å²) in [5.41, 5.74) is 2.04. The number of hydrogen-bond donors (Lipinski definition) is 1. The van der Waals surface area contributed by atoms with E-state index in [1.165, 1.54) is 0 Å². The molecule has 0 aliphatic rings. The Balaban J connectivity index is 1.68. The lowest BCUT2D eigenvalue weighted by molar-refractivity contribution is 0.201. The van der Waals surface area contributed by atoms with Crippen molar-refractivity contribution >= 4 is 17.4 Å². The number of amides is 2. The van der Waals surface area contributed by atoms with Crippen LogP contribution < -0.4 is 5.32 Å². The first kappa shape index (κ1) is 17.0. The van der Waals surface area contributed by atoms with Crippen molar-refractivity contribution in [3.63, 3.8) is 0 Å². The lowest BCUT2D eigenvalue weighted by atomic mass is 10.1. The zero-order valence-corrected chi connectivity index (χ0v) is 14.7. The van der Waals surface area contributed by atoms with Crippen LogP contribution in [0.4, 0.5) is 4.79 Å². The minimum atomic E-state index is -0.103. The summed E-state index contributed by atoms with van der Waals surface area (Å²) in [6.07, 6.45) is 7.12. The Morgan fingerprint density at radius 3 is 2.92 bits per heavy atom. The summed E-state index contributed by atoms with van der Waals surface area (Å²) < 4.78 is 1.94. The van der Waals surface area contributed by atoms with Crippen molar-refractivity contribution in [3.8, 4) is 5.69 Å². The number of thiophene rings is 1. The lowest BCUT2D eigenvalue weighted by Gasteiger charge is -2.21. The fraction of sp³-hybridized carbons (Fsp3) is 0.158. The molecule has 0 saturated carbocycles. The fourth-order valence-electron chi connectivity index (χ4n) is 2.56. The van der Waals surface area contributed by atoms with Crippen LogP contribution in [0.2, 0.25) is 0 Å². The standard InChI is InChI=1S/C19H20N4OS/c1-2-10-22(14-17-7-5-12-25-17)19(24)21-13-16-6-3-4-8-18(16)23-11-9-20-15-23/h2-9,11-12,15H,1,10,13-14H2,(H,21,24). The molecule has 1 N–H and O–H groups in total. The normalized spacial score (nSPS) is 10.4. The van der Waals surface area contributed by atoms with Crippen LogP contribution in [0, 0.1) is 0 Å². The molecule has 3 aromatic rings. The minimum Gasteiger partial charge on any atom is -0.334 e. The number of nitrogens with zero attached hydrogens (tertiary/aromatic N) is 3. The molecule has 0 radical (unpaired) electrons. The maximum atomic E-state index is 12.6. The van der Waals surface area contributed by atoms with Gasteiger partial charge in [-0.15, -0.1) is 17.9 Å².